The fraction of sp³-hybridized carbons (Fsp3) is 1.00. The first-order valence-electron chi connectivity index (χ1n) is 29.8. The van der Waals surface area contributed by atoms with Crippen LogP contribution in [0.5, 0.6) is 0 Å². The van der Waals surface area contributed by atoms with Gasteiger partial charge >= 0.3 is 0 Å². The summed E-state index contributed by atoms with van der Waals surface area (Å²) in [6, 6.07) is 5.27. The SMILES string of the molecule is CC1(C)C2CCCCC2C2CCC(N(C3CCC(N(C4CCC(C5CCCCC5)CC4)C4CCC(C5CCCCC5)CC4)CC3)C3CCC4C5CCCCC5C(C)(C)C4C3)CC21. The topological polar surface area (TPSA) is 6.48 Å². The van der Waals surface area contributed by atoms with Gasteiger partial charge < -0.3 is 0 Å². The summed E-state index contributed by atoms with van der Waals surface area (Å²) >= 11 is 0. The normalized spacial score (nSPS) is 47.7. The molecule has 0 aromatic carbocycles. The van der Waals surface area contributed by atoms with Crippen molar-refractivity contribution in [2.45, 2.75) is 295 Å². The van der Waals surface area contributed by atoms with Gasteiger partial charge in [0.05, 0.1) is 0 Å². The van der Waals surface area contributed by atoms with Crippen molar-refractivity contribution in [3.05, 3.63) is 0 Å². The highest BCUT2D eigenvalue weighted by molar-refractivity contribution is 5.10. The zero-order valence-electron chi connectivity index (χ0n) is 41.7. The predicted octanol–water partition coefficient (Wildman–Crippen LogP) is 16.4. The molecule has 11 fully saturated rings. The van der Waals surface area contributed by atoms with Crippen LogP contribution in [0.15, 0.2) is 0 Å². The summed E-state index contributed by atoms with van der Waals surface area (Å²) in [5.74, 6) is 12.5. The van der Waals surface area contributed by atoms with Crippen molar-refractivity contribution < 1.29 is 0 Å². The average molecular weight is 851 g/mol. The van der Waals surface area contributed by atoms with Gasteiger partial charge in [0.1, 0.15) is 0 Å². The third-order valence-electron chi connectivity index (χ3n) is 24.6. The van der Waals surface area contributed by atoms with Crippen molar-refractivity contribution in [1.29, 1.82) is 0 Å². The Bertz CT molecular complexity index is 1330. The Morgan fingerprint density at radius 2 is 0.516 bits per heavy atom. The van der Waals surface area contributed by atoms with Gasteiger partial charge in [-0.15, -0.1) is 0 Å². The van der Waals surface area contributed by atoms with E-state index in [9.17, 15) is 0 Å². The second kappa shape index (κ2) is 18.8. The molecule has 352 valence electrons. The maximum absolute atomic E-state index is 3.47. The zero-order chi connectivity index (χ0) is 42.0. The third-order valence-corrected chi connectivity index (χ3v) is 24.6. The van der Waals surface area contributed by atoms with E-state index in [0.717, 1.165) is 107 Å². The molecule has 0 saturated heterocycles. The Morgan fingerprint density at radius 1 is 0.242 bits per heavy atom. The van der Waals surface area contributed by atoms with Crippen LogP contribution in [0.3, 0.4) is 0 Å². The van der Waals surface area contributed by atoms with Gasteiger partial charge in [-0.25, -0.2) is 0 Å². The molecule has 10 atom stereocenters. The summed E-state index contributed by atoms with van der Waals surface area (Å²) in [6.45, 7) is 11.1. The highest BCUT2D eigenvalue weighted by Gasteiger charge is 2.60. The Morgan fingerprint density at radius 3 is 0.903 bits per heavy atom. The van der Waals surface area contributed by atoms with E-state index in [1.165, 1.54) is 89.9 Å². The third kappa shape index (κ3) is 8.34. The van der Waals surface area contributed by atoms with Crippen LogP contribution in [-0.2, 0) is 0 Å². The molecule has 0 N–H and O–H groups in total. The lowest BCUT2D eigenvalue weighted by atomic mass is 9.65. The van der Waals surface area contributed by atoms with Crippen LogP contribution < -0.4 is 0 Å². The molecular formula is C60H102N2. The van der Waals surface area contributed by atoms with Crippen molar-refractivity contribution >= 4 is 0 Å². The molecule has 0 spiro atoms. The van der Waals surface area contributed by atoms with E-state index < -0.39 is 0 Å². The number of fused-ring (bicyclic) bond motifs is 6. The quantitative estimate of drug-likeness (QED) is 0.240. The molecule has 10 unspecified atom stereocenters. The summed E-state index contributed by atoms with van der Waals surface area (Å²) in [5.41, 5.74) is 1.12. The lowest BCUT2D eigenvalue weighted by molar-refractivity contribution is -0.0504. The molecule has 0 aromatic heterocycles. The molecule has 11 saturated carbocycles. The van der Waals surface area contributed by atoms with Crippen molar-refractivity contribution in [2.24, 2.45) is 81.8 Å². The standard InChI is InChI=1S/C60H102N2/c1-59(2)55-21-13-11-19-51(55)53-37-35-49(39-57(53)59)62(50-36-38-54-52-20-12-14-22-56(52)60(3,4)58(54)40-50)48-33-31-47(32-34-48)61(45-27-23-43(24-28-45)41-15-7-5-8-16-41)46-29-25-44(26-30-46)42-17-9-6-10-18-42/h41-58H,5-40H2,1-4H3. The van der Waals surface area contributed by atoms with Gasteiger partial charge in [-0.3, -0.25) is 9.80 Å². The summed E-state index contributed by atoms with van der Waals surface area (Å²) < 4.78 is 0. The fourth-order valence-corrected chi connectivity index (χ4v) is 21.8. The predicted molar refractivity (Wildman–Crippen MR) is 262 cm³/mol. The molecule has 0 aliphatic heterocycles. The van der Waals surface area contributed by atoms with E-state index in [1.54, 1.807) is 141 Å². The molecule has 0 radical (unpaired) electrons. The van der Waals surface area contributed by atoms with Crippen molar-refractivity contribution in [1.82, 2.24) is 9.80 Å². The van der Waals surface area contributed by atoms with E-state index in [0.29, 0.717) is 10.8 Å². The van der Waals surface area contributed by atoms with E-state index in [1.807, 2.05) is 0 Å². The van der Waals surface area contributed by atoms with E-state index in [2.05, 4.69) is 37.5 Å². The Balaban J connectivity index is 0.822. The number of hydrogen-bond acceptors (Lipinski definition) is 2. The lowest BCUT2D eigenvalue weighted by Crippen LogP contribution is -2.58. The average Bonchev–Trinajstić information content (AvgIpc) is 3.69. The largest absolute Gasteiger partial charge is 0.294 e. The van der Waals surface area contributed by atoms with Crippen LogP contribution >= 0.6 is 0 Å². The van der Waals surface area contributed by atoms with Crippen LogP contribution in [0.25, 0.3) is 0 Å². The van der Waals surface area contributed by atoms with E-state index in [4.69, 9.17) is 0 Å². The zero-order valence-corrected chi connectivity index (χ0v) is 41.7. The van der Waals surface area contributed by atoms with Gasteiger partial charge in [0, 0.05) is 36.3 Å². The summed E-state index contributed by atoms with van der Waals surface area (Å²) in [7, 11) is 0. The summed E-state index contributed by atoms with van der Waals surface area (Å²) in [6.07, 6.45) is 55.6. The first kappa shape index (κ1) is 44.4. The van der Waals surface area contributed by atoms with Crippen LogP contribution in [-0.4, -0.2) is 46.1 Å². The number of nitrogens with zero attached hydrogens (tertiary/aromatic N) is 2. The van der Waals surface area contributed by atoms with Gasteiger partial charge in [-0.1, -0.05) is 118 Å². The summed E-state index contributed by atoms with van der Waals surface area (Å²) in [5, 5.41) is 0. The molecule has 0 amide bonds. The van der Waals surface area contributed by atoms with Crippen LogP contribution in [0.1, 0.15) is 259 Å². The van der Waals surface area contributed by atoms with Crippen molar-refractivity contribution in [3.8, 4) is 0 Å². The van der Waals surface area contributed by atoms with Crippen molar-refractivity contribution in [2.75, 3.05) is 0 Å². The number of hydrogen-bond donors (Lipinski definition) is 0. The Labute approximate surface area is 385 Å². The molecule has 62 heavy (non-hydrogen) atoms. The van der Waals surface area contributed by atoms with Gasteiger partial charge in [0.2, 0.25) is 0 Å². The maximum Gasteiger partial charge on any atom is 0.0104 e. The smallest absolute Gasteiger partial charge is 0.0104 e. The summed E-state index contributed by atoms with van der Waals surface area (Å²) in [4.78, 5) is 6.85. The monoisotopic (exact) mass is 851 g/mol. The molecule has 2 heteroatoms. The molecule has 0 bridgehead atoms. The van der Waals surface area contributed by atoms with Crippen LogP contribution in [0.2, 0.25) is 0 Å². The maximum atomic E-state index is 3.47. The Hall–Kier alpha value is -0.0800. The van der Waals surface area contributed by atoms with Gasteiger partial charge in [0.15, 0.2) is 0 Å². The van der Waals surface area contributed by atoms with Gasteiger partial charge in [-0.2, -0.15) is 0 Å². The number of rotatable bonds is 8. The first-order valence-corrected chi connectivity index (χ1v) is 29.8. The second-order valence-corrected chi connectivity index (χ2v) is 27.5. The fourth-order valence-electron chi connectivity index (χ4n) is 21.8. The molecule has 0 heterocycles. The van der Waals surface area contributed by atoms with Gasteiger partial charge in [0.25, 0.3) is 0 Å². The van der Waals surface area contributed by atoms with Crippen LogP contribution in [0, 0.1) is 81.8 Å². The lowest BCUT2D eigenvalue weighted by Gasteiger charge is -2.55. The van der Waals surface area contributed by atoms with Gasteiger partial charge in [-0.05, 0) is 223 Å². The van der Waals surface area contributed by atoms with E-state index >= 15 is 0 Å². The minimum Gasteiger partial charge on any atom is -0.294 e. The minimum absolute atomic E-state index is 0.561. The molecule has 0 aromatic rings. The molecule has 11 aliphatic rings. The second-order valence-electron chi connectivity index (χ2n) is 27.5. The van der Waals surface area contributed by atoms with Crippen LogP contribution in [0.4, 0.5) is 0 Å². The molecule has 11 aliphatic carbocycles. The Kier molecular flexibility index (Phi) is 13.5. The first-order chi connectivity index (χ1) is 30.3. The highest BCUT2D eigenvalue weighted by atomic mass is 15.2. The molecular weight excluding hydrogens is 749 g/mol. The van der Waals surface area contributed by atoms with E-state index in [-0.39, 0.29) is 0 Å². The highest BCUT2D eigenvalue weighted by Crippen LogP contribution is 2.66. The minimum atomic E-state index is 0.561. The molecule has 2 nitrogen and oxygen atoms in total. The molecule has 11 rings (SSSR count). The van der Waals surface area contributed by atoms with Crippen molar-refractivity contribution in [3.63, 3.8) is 0 Å².